The van der Waals surface area contributed by atoms with Crippen LogP contribution >= 0.6 is 0 Å². The molecule has 2 aliphatic heterocycles. The van der Waals surface area contributed by atoms with Crippen molar-refractivity contribution in [3.8, 4) is 0 Å². The molecule has 11 heteroatoms. The van der Waals surface area contributed by atoms with Crippen molar-refractivity contribution in [1.29, 1.82) is 0 Å². The molecule has 0 unspecified atom stereocenters. The standard InChI is InChI=1S/C18H19N5O6/c1-9-10(5-24)3-22(4-11(9)6-25)18-19-2-12-16(21-18)23(8-20-12)17-15(28)14(27)13(7-26)29-17/h2-6,8-9,13-15,17,26-28H,7H2,1H3/t13-,14-,15-,17-/m1/s1. The highest BCUT2D eigenvalue weighted by Crippen LogP contribution is 2.32. The van der Waals surface area contributed by atoms with Crippen LogP contribution in [0.4, 0.5) is 5.95 Å². The van der Waals surface area contributed by atoms with Crippen LogP contribution in [0.15, 0.2) is 36.1 Å². The van der Waals surface area contributed by atoms with E-state index in [0.717, 1.165) is 0 Å². The van der Waals surface area contributed by atoms with E-state index in [1.807, 2.05) is 0 Å². The van der Waals surface area contributed by atoms with Crippen molar-refractivity contribution in [1.82, 2.24) is 19.5 Å². The highest BCUT2D eigenvalue weighted by atomic mass is 16.6. The molecule has 0 amide bonds. The maximum atomic E-state index is 11.4. The molecule has 0 aromatic carbocycles. The van der Waals surface area contributed by atoms with Gasteiger partial charge in [-0.25, -0.2) is 9.97 Å². The zero-order valence-corrected chi connectivity index (χ0v) is 15.4. The number of rotatable bonds is 5. The zero-order chi connectivity index (χ0) is 20.7. The number of anilines is 1. The van der Waals surface area contributed by atoms with Crippen molar-refractivity contribution in [3.05, 3.63) is 36.1 Å². The van der Waals surface area contributed by atoms with E-state index in [9.17, 15) is 24.9 Å². The average Bonchev–Trinajstić information content (AvgIpc) is 3.28. The second kappa shape index (κ2) is 7.44. The quantitative estimate of drug-likeness (QED) is 0.535. The monoisotopic (exact) mass is 401 g/mol. The van der Waals surface area contributed by atoms with Gasteiger partial charge < -0.3 is 20.1 Å². The number of aliphatic hydroxyl groups is 3. The summed E-state index contributed by atoms with van der Waals surface area (Å²) in [5.41, 5.74) is 1.52. The number of carbonyl (C=O) groups excluding carboxylic acids is 2. The van der Waals surface area contributed by atoms with Crippen molar-refractivity contribution in [2.75, 3.05) is 11.5 Å². The molecular weight excluding hydrogens is 382 g/mol. The Kier molecular flexibility index (Phi) is 4.96. The summed E-state index contributed by atoms with van der Waals surface area (Å²) >= 11 is 0. The Morgan fingerprint density at radius 1 is 1.14 bits per heavy atom. The summed E-state index contributed by atoms with van der Waals surface area (Å²) in [5, 5.41) is 29.6. The summed E-state index contributed by atoms with van der Waals surface area (Å²) in [7, 11) is 0. The summed E-state index contributed by atoms with van der Waals surface area (Å²) in [5.74, 6) is -0.161. The van der Waals surface area contributed by atoms with Crippen molar-refractivity contribution in [3.63, 3.8) is 0 Å². The topological polar surface area (TPSA) is 151 Å². The Labute approximate surface area is 164 Å². The van der Waals surface area contributed by atoms with E-state index in [1.165, 1.54) is 22.0 Å². The van der Waals surface area contributed by atoms with Crippen molar-refractivity contribution < 1.29 is 29.6 Å². The van der Waals surface area contributed by atoms with Crippen molar-refractivity contribution >= 4 is 29.7 Å². The molecule has 2 aromatic rings. The molecule has 4 atom stereocenters. The summed E-state index contributed by atoms with van der Waals surface area (Å²) in [6, 6.07) is 0. The molecule has 2 aliphatic rings. The van der Waals surface area contributed by atoms with Crippen LogP contribution in [0.25, 0.3) is 11.2 Å². The number of carbonyl (C=O) groups is 2. The fraction of sp³-hybridized carbons (Fsp3) is 0.389. The fourth-order valence-corrected chi connectivity index (χ4v) is 3.39. The van der Waals surface area contributed by atoms with Gasteiger partial charge in [0.05, 0.1) is 19.1 Å². The Balaban J connectivity index is 1.75. The minimum absolute atomic E-state index is 0.177. The molecule has 152 valence electrons. The molecule has 0 bridgehead atoms. The number of allylic oxidation sites excluding steroid dienone is 2. The van der Waals surface area contributed by atoms with Crippen LogP contribution in [0.5, 0.6) is 0 Å². The van der Waals surface area contributed by atoms with Crippen molar-refractivity contribution in [2.24, 2.45) is 5.92 Å². The number of aldehydes is 2. The van der Waals surface area contributed by atoms with E-state index in [2.05, 4.69) is 15.0 Å². The minimum atomic E-state index is -1.29. The number of imidazole rings is 1. The Morgan fingerprint density at radius 3 is 2.41 bits per heavy atom. The first-order valence-corrected chi connectivity index (χ1v) is 8.92. The molecule has 1 saturated heterocycles. The largest absolute Gasteiger partial charge is 0.394 e. The fourth-order valence-electron chi connectivity index (χ4n) is 3.39. The van der Waals surface area contributed by atoms with Crippen LogP contribution in [-0.2, 0) is 14.3 Å². The van der Waals surface area contributed by atoms with Crippen LogP contribution in [0.1, 0.15) is 13.2 Å². The molecule has 0 spiro atoms. The second-order valence-corrected chi connectivity index (χ2v) is 6.88. The molecule has 1 fully saturated rings. The first-order chi connectivity index (χ1) is 14.0. The molecule has 29 heavy (non-hydrogen) atoms. The number of hydrogen-bond donors (Lipinski definition) is 3. The lowest BCUT2D eigenvalue weighted by molar-refractivity contribution is -0.105. The van der Waals surface area contributed by atoms with E-state index >= 15 is 0 Å². The van der Waals surface area contributed by atoms with Gasteiger partial charge in [-0.1, -0.05) is 6.92 Å². The lowest BCUT2D eigenvalue weighted by Crippen LogP contribution is -2.33. The van der Waals surface area contributed by atoms with Gasteiger partial charge in [-0.15, -0.1) is 0 Å². The third-order valence-electron chi connectivity index (χ3n) is 5.17. The van der Waals surface area contributed by atoms with Gasteiger partial charge in [-0.3, -0.25) is 19.1 Å². The molecule has 0 saturated carbocycles. The van der Waals surface area contributed by atoms with Gasteiger partial charge in [0.15, 0.2) is 11.9 Å². The number of hydrogen-bond acceptors (Lipinski definition) is 10. The molecule has 0 radical (unpaired) electrons. The predicted octanol–water partition coefficient (Wildman–Crippen LogP) is -0.941. The van der Waals surface area contributed by atoms with Gasteiger partial charge in [0.25, 0.3) is 0 Å². The van der Waals surface area contributed by atoms with Crippen LogP contribution < -0.4 is 4.90 Å². The third kappa shape index (κ3) is 3.13. The lowest BCUT2D eigenvalue weighted by Gasteiger charge is -2.24. The lowest BCUT2D eigenvalue weighted by atomic mass is 9.93. The first kappa shape index (κ1) is 19.3. The van der Waals surface area contributed by atoms with Gasteiger partial charge in [-0.2, -0.15) is 4.98 Å². The van der Waals surface area contributed by atoms with Gasteiger partial charge in [0.2, 0.25) is 5.95 Å². The molecule has 2 aromatic heterocycles. The summed E-state index contributed by atoms with van der Waals surface area (Å²) < 4.78 is 6.97. The Morgan fingerprint density at radius 2 is 1.83 bits per heavy atom. The number of nitrogens with zero attached hydrogens (tertiary/aromatic N) is 5. The average molecular weight is 401 g/mol. The molecule has 4 heterocycles. The molecule has 0 aliphatic carbocycles. The van der Waals surface area contributed by atoms with Gasteiger partial charge in [-0.05, 0) is 0 Å². The Bertz CT molecular complexity index is 991. The number of aliphatic hydroxyl groups excluding tert-OH is 3. The van der Waals surface area contributed by atoms with Crippen LogP contribution in [0.2, 0.25) is 0 Å². The van der Waals surface area contributed by atoms with Crippen LogP contribution in [0.3, 0.4) is 0 Å². The molecule has 3 N–H and O–H groups in total. The van der Waals surface area contributed by atoms with Gasteiger partial charge >= 0.3 is 0 Å². The first-order valence-electron chi connectivity index (χ1n) is 8.92. The van der Waals surface area contributed by atoms with Crippen molar-refractivity contribution in [2.45, 2.75) is 31.5 Å². The highest BCUT2D eigenvalue weighted by molar-refractivity contribution is 5.85. The van der Waals surface area contributed by atoms with Crippen LogP contribution in [0, 0.1) is 5.92 Å². The maximum absolute atomic E-state index is 11.4. The third-order valence-corrected chi connectivity index (χ3v) is 5.17. The smallest absolute Gasteiger partial charge is 0.235 e. The Hall–Kier alpha value is -2.99. The number of aromatic nitrogens is 4. The van der Waals surface area contributed by atoms with E-state index in [-0.39, 0.29) is 11.9 Å². The van der Waals surface area contributed by atoms with E-state index in [4.69, 9.17) is 4.74 Å². The summed E-state index contributed by atoms with van der Waals surface area (Å²) in [6.07, 6.45) is 2.79. The minimum Gasteiger partial charge on any atom is -0.394 e. The normalized spacial score (nSPS) is 27.8. The van der Waals surface area contributed by atoms with Gasteiger partial charge in [0, 0.05) is 29.5 Å². The molecule has 11 nitrogen and oxygen atoms in total. The molecular formula is C18H19N5O6. The highest BCUT2D eigenvalue weighted by Gasteiger charge is 2.44. The number of fused-ring (bicyclic) bond motifs is 1. The van der Waals surface area contributed by atoms with E-state index in [1.54, 1.807) is 19.3 Å². The second-order valence-electron chi connectivity index (χ2n) is 6.88. The molecule has 4 rings (SSSR count). The van der Waals surface area contributed by atoms with E-state index < -0.39 is 31.1 Å². The maximum Gasteiger partial charge on any atom is 0.235 e. The number of ether oxygens (including phenoxy) is 1. The summed E-state index contributed by atoms with van der Waals surface area (Å²) in [4.78, 5) is 37.0. The van der Waals surface area contributed by atoms with E-state index in [0.29, 0.717) is 34.9 Å². The van der Waals surface area contributed by atoms with Gasteiger partial charge in [0.1, 0.15) is 36.4 Å². The zero-order valence-electron chi connectivity index (χ0n) is 15.4. The summed E-state index contributed by atoms with van der Waals surface area (Å²) in [6.45, 7) is 1.30. The van der Waals surface area contributed by atoms with Crippen LogP contribution in [-0.4, -0.2) is 72.3 Å². The SMILES string of the molecule is CC1C(C=O)=CN(c2ncc3ncn([C@@H]4O[C@H](CO)[C@@H](O)[C@H]4O)c3n2)C=C1C=O. The predicted molar refractivity (Wildman–Crippen MR) is 98.3 cm³/mol.